The van der Waals surface area contributed by atoms with Crippen molar-refractivity contribution in [2.45, 2.75) is 38.9 Å². The average molecular weight is 269 g/mol. The Morgan fingerprint density at radius 2 is 1.75 bits per heavy atom. The number of benzene rings is 1. The summed E-state index contributed by atoms with van der Waals surface area (Å²) in [4.78, 5) is 3.19. The lowest BCUT2D eigenvalue weighted by Gasteiger charge is -2.32. The van der Waals surface area contributed by atoms with Gasteiger partial charge in [0.2, 0.25) is 0 Å². The fraction of sp³-hybridized carbons (Fsp3) is 0.375. The molecule has 1 fully saturated rings. The molecule has 1 aliphatic heterocycles. The molecule has 20 heavy (non-hydrogen) atoms. The Bertz CT molecular complexity index is 641. The van der Waals surface area contributed by atoms with Crippen molar-refractivity contribution >= 4 is 24.1 Å². The van der Waals surface area contributed by atoms with Crippen molar-refractivity contribution < 1.29 is 9.31 Å². The van der Waals surface area contributed by atoms with Gasteiger partial charge in [0.1, 0.15) is 0 Å². The van der Waals surface area contributed by atoms with Gasteiger partial charge < -0.3 is 14.3 Å². The molecule has 4 heteroatoms. The van der Waals surface area contributed by atoms with Crippen LogP contribution in [0.15, 0.2) is 36.4 Å². The Morgan fingerprint density at radius 1 is 1.05 bits per heavy atom. The molecule has 0 unspecified atom stereocenters. The molecule has 0 amide bonds. The molecule has 3 rings (SSSR count). The van der Waals surface area contributed by atoms with Crippen LogP contribution in [0.4, 0.5) is 0 Å². The van der Waals surface area contributed by atoms with Crippen LogP contribution in [-0.2, 0) is 9.31 Å². The van der Waals surface area contributed by atoms with E-state index in [9.17, 15) is 0 Å². The van der Waals surface area contributed by atoms with Crippen LogP contribution in [0.5, 0.6) is 0 Å². The van der Waals surface area contributed by atoms with E-state index in [1.807, 2.05) is 12.2 Å². The van der Waals surface area contributed by atoms with Crippen LogP contribution < -0.4 is 0 Å². The van der Waals surface area contributed by atoms with Crippen molar-refractivity contribution in [2.75, 3.05) is 0 Å². The molecule has 0 atom stereocenters. The van der Waals surface area contributed by atoms with Crippen LogP contribution in [0.2, 0.25) is 0 Å². The third kappa shape index (κ3) is 2.30. The number of rotatable bonds is 2. The Balaban J connectivity index is 1.78. The van der Waals surface area contributed by atoms with Crippen LogP contribution in [0.1, 0.15) is 33.3 Å². The van der Waals surface area contributed by atoms with E-state index < -0.39 is 0 Å². The SMILES string of the molecule is CC1(C)OB(C=Cc2ccc3[nH]ccc3c2)OC1(C)C. The lowest BCUT2D eigenvalue weighted by atomic mass is 9.89. The first kappa shape index (κ1) is 13.5. The molecule has 0 radical (unpaired) electrons. The van der Waals surface area contributed by atoms with Gasteiger partial charge in [-0.25, -0.2) is 0 Å². The second-order valence-corrected chi connectivity index (χ2v) is 6.31. The fourth-order valence-corrected chi connectivity index (χ4v) is 2.33. The van der Waals surface area contributed by atoms with Gasteiger partial charge in [-0.3, -0.25) is 0 Å². The summed E-state index contributed by atoms with van der Waals surface area (Å²) in [6.45, 7) is 8.25. The molecule has 104 valence electrons. The number of aromatic amines is 1. The second kappa shape index (κ2) is 4.50. The van der Waals surface area contributed by atoms with Crippen molar-refractivity contribution in [2.24, 2.45) is 0 Å². The Morgan fingerprint density at radius 3 is 2.45 bits per heavy atom. The molecule has 0 saturated carbocycles. The predicted molar refractivity (Wildman–Crippen MR) is 83.4 cm³/mol. The highest BCUT2D eigenvalue weighted by Gasteiger charge is 2.49. The minimum atomic E-state index is -0.290. The normalized spacial score (nSPS) is 21.1. The third-order valence-electron chi connectivity index (χ3n) is 4.29. The summed E-state index contributed by atoms with van der Waals surface area (Å²) in [6, 6.07) is 8.38. The number of fused-ring (bicyclic) bond motifs is 1. The van der Waals surface area contributed by atoms with E-state index in [1.165, 1.54) is 5.39 Å². The van der Waals surface area contributed by atoms with Crippen molar-refractivity contribution in [1.82, 2.24) is 4.98 Å². The maximum atomic E-state index is 5.94. The zero-order valence-corrected chi connectivity index (χ0v) is 12.4. The molecule has 3 nitrogen and oxygen atoms in total. The predicted octanol–water partition coefficient (Wildman–Crippen LogP) is 3.81. The van der Waals surface area contributed by atoms with Gasteiger partial charge in [-0.05, 0) is 56.8 Å². The highest BCUT2D eigenvalue weighted by Crippen LogP contribution is 2.37. The Kier molecular flexibility index (Phi) is 3.03. The van der Waals surface area contributed by atoms with Gasteiger partial charge in [0, 0.05) is 11.7 Å². The lowest BCUT2D eigenvalue weighted by molar-refractivity contribution is 0.00578. The van der Waals surface area contributed by atoms with Crippen molar-refractivity contribution in [1.29, 1.82) is 0 Å². The van der Waals surface area contributed by atoms with Crippen molar-refractivity contribution in [3.05, 3.63) is 42.0 Å². The molecule has 1 saturated heterocycles. The molecule has 1 aromatic carbocycles. The highest BCUT2D eigenvalue weighted by atomic mass is 16.7. The van der Waals surface area contributed by atoms with Crippen molar-refractivity contribution in [3.63, 3.8) is 0 Å². The third-order valence-corrected chi connectivity index (χ3v) is 4.29. The summed E-state index contributed by atoms with van der Waals surface area (Å²) < 4.78 is 11.9. The topological polar surface area (TPSA) is 34.2 Å². The number of hydrogen-bond donors (Lipinski definition) is 1. The van der Waals surface area contributed by atoms with Gasteiger partial charge in [0.05, 0.1) is 11.2 Å². The molecule has 1 aliphatic rings. The average Bonchev–Trinajstić information content (AvgIpc) is 2.89. The molecule has 0 bridgehead atoms. The van der Waals surface area contributed by atoms with Gasteiger partial charge in [0.25, 0.3) is 0 Å². The quantitative estimate of drug-likeness (QED) is 0.841. The van der Waals surface area contributed by atoms with Gasteiger partial charge >= 0.3 is 7.12 Å². The van der Waals surface area contributed by atoms with E-state index in [4.69, 9.17) is 9.31 Å². The van der Waals surface area contributed by atoms with E-state index in [-0.39, 0.29) is 18.3 Å². The van der Waals surface area contributed by atoms with Gasteiger partial charge in [-0.1, -0.05) is 18.1 Å². The van der Waals surface area contributed by atoms with Crippen molar-refractivity contribution in [3.8, 4) is 0 Å². The number of hydrogen-bond acceptors (Lipinski definition) is 2. The van der Waals surface area contributed by atoms with Gasteiger partial charge in [0.15, 0.2) is 0 Å². The maximum Gasteiger partial charge on any atom is 0.487 e. The standard InChI is InChI=1S/C16H20BNO2/c1-15(2)16(3,4)20-17(19-15)9-7-12-5-6-14-13(11-12)8-10-18-14/h5-11,18H,1-4H3. The van der Waals surface area contributed by atoms with Crippen LogP contribution >= 0.6 is 0 Å². The smallest absolute Gasteiger partial charge is 0.400 e. The van der Waals surface area contributed by atoms with E-state index >= 15 is 0 Å². The van der Waals surface area contributed by atoms with E-state index in [2.05, 4.69) is 63.0 Å². The molecule has 0 aliphatic carbocycles. The molecule has 0 spiro atoms. The first-order chi connectivity index (χ1) is 9.37. The zero-order valence-electron chi connectivity index (χ0n) is 12.4. The number of aromatic nitrogens is 1. The number of nitrogens with one attached hydrogen (secondary N) is 1. The molecular weight excluding hydrogens is 249 g/mol. The van der Waals surface area contributed by atoms with Crippen LogP contribution in [-0.4, -0.2) is 23.3 Å². The van der Waals surface area contributed by atoms with E-state index in [1.54, 1.807) is 0 Å². The summed E-state index contributed by atoms with van der Waals surface area (Å²) in [5.74, 6) is 1.98. The lowest BCUT2D eigenvalue weighted by Crippen LogP contribution is -2.41. The summed E-state index contributed by atoms with van der Waals surface area (Å²) >= 11 is 0. The summed E-state index contributed by atoms with van der Waals surface area (Å²) in [5, 5.41) is 1.21. The zero-order chi connectivity index (χ0) is 14.4. The monoisotopic (exact) mass is 269 g/mol. The molecule has 1 aromatic heterocycles. The van der Waals surface area contributed by atoms with Gasteiger partial charge in [-0.15, -0.1) is 0 Å². The minimum Gasteiger partial charge on any atom is -0.400 e. The summed E-state index contributed by atoms with van der Waals surface area (Å²) in [6.07, 6.45) is 4.00. The minimum absolute atomic E-state index is 0.285. The van der Waals surface area contributed by atoms with Crippen LogP contribution in [0.3, 0.4) is 0 Å². The van der Waals surface area contributed by atoms with E-state index in [0.29, 0.717) is 0 Å². The number of H-pyrrole nitrogens is 1. The molecule has 1 N–H and O–H groups in total. The summed E-state index contributed by atoms with van der Waals surface area (Å²) in [5.41, 5.74) is 1.73. The maximum absolute atomic E-state index is 5.94. The largest absolute Gasteiger partial charge is 0.487 e. The molecule has 2 heterocycles. The Hall–Kier alpha value is -1.52. The molecular formula is C16H20BNO2. The van der Waals surface area contributed by atoms with Crippen LogP contribution in [0, 0.1) is 0 Å². The van der Waals surface area contributed by atoms with Gasteiger partial charge in [-0.2, -0.15) is 0 Å². The van der Waals surface area contributed by atoms with Crippen LogP contribution in [0.25, 0.3) is 17.0 Å². The van der Waals surface area contributed by atoms with E-state index in [0.717, 1.165) is 11.1 Å². The fourth-order valence-electron chi connectivity index (χ4n) is 2.33. The highest BCUT2D eigenvalue weighted by molar-refractivity contribution is 6.52. The second-order valence-electron chi connectivity index (χ2n) is 6.31. The molecule has 2 aromatic rings. The first-order valence-electron chi connectivity index (χ1n) is 6.98. The summed E-state index contributed by atoms with van der Waals surface area (Å²) in [7, 11) is -0.290. The first-order valence-corrected chi connectivity index (χ1v) is 6.98. The Labute approximate surface area is 120 Å².